The second-order valence-electron chi connectivity index (χ2n) is 5.75. The molecular weight excluding hydrogens is 274 g/mol. The second kappa shape index (κ2) is 6.98. The molecule has 1 aromatic rings. The number of piperidine rings is 1. The average Bonchev–Trinajstić information content (AvgIpc) is 2.50. The Morgan fingerprint density at radius 3 is 2.81 bits per heavy atom. The van der Waals surface area contributed by atoms with Crippen LogP contribution in [-0.4, -0.2) is 30.4 Å². The van der Waals surface area contributed by atoms with Gasteiger partial charge in [-0.25, -0.2) is 8.78 Å². The third-order valence-electron chi connectivity index (χ3n) is 4.17. The Bertz CT molecular complexity index is 507. The number of likely N-dealkylation sites (N-methyl/N-ethyl adjacent to an activating group) is 1. The minimum atomic E-state index is -0.879. The Hall–Kier alpha value is -1.49. The molecule has 5 heteroatoms. The number of halogens is 2. The average molecular weight is 296 g/mol. The Morgan fingerprint density at radius 1 is 1.38 bits per heavy atom. The fourth-order valence-corrected chi connectivity index (χ4v) is 2.81. The van der Waals surface area contributed by atoms with Crippen LogP contribution >= 0.6 is 0 Å². The van der Waals surface area contributed by atoms with Crippen molar-refractivity contribution in [1.29, 1.82) is 0 Å². The summed E-state index contributed by atoms with van der Waals surface area (Å²) < 4.78 is 26.1. The van der Waals surface area contributed by atoms with Crippen LogP contribution in [0.15, 0.2) is 18.2 Å². The Balaban J connectivity index is 1.97. The lowest BCUT2D eigenvalue weighted by atomic mass is 9.90. The van der Waals surface area contributed by atoms with Crippen molar-refractivity contribution in [1.82, 2.24) is 10.2 Å². The van der Waals surface area contributed by atoms with Crippen molar-refractivity contribution >= 4 is 5.91 Å². The maximum absolute atomic E-state index is 13.2. The van der Waals surface area contributed by atoms with Gasteiger partial charge < -0.3 is 10.2 Å². The van der Waals surface area contributed by atoms with Gasteiger partial charge in [-0.05, 0) is 43.0 Å². The summed E-state index contributed by atoms with van der Waals surface area (Å²) in [4.78, 5) is 14.0. The topological polar surface area (TPSA) is 32.3 Å². The quantitative estimate of drug-likeness (QED) is 0.926. The van der Waals surface area contributed by atoms with Crippen LogP contribution in [0.2, 0.25) is 0 Å². The summed E-state index contributed by atoms with van der Waals surface area (Å²) in [5.74, 6) is -1.16. The SMILES string of the molecule is CCC1CCNC(C(=O)N(C)Cc2ccc(F)c(F)c2)C1. The zero-order valence-electron chi connectivity index (χ0n) is 12.5. The van der Waals surface area contributed by atoms with Crippen LogP contribution in [0.5, 0.6) is 0 Å². The first kappa shape index (κ1) is 15.9. The van der Waals surface area contributed by atoms with Gasteiger partial charge in [0.05, 0.1) is 6.04 Å². The van der Waals surface area contributed by atoms with Crippen molar-refractivity contribution < 1.29 is 13.6 Å². The molecule has 2 unspecified atom stereocenters. The number of hydrogen-bond acceptors (Lipinski definition) is 2. The second-order valence-corrected chi connectivity index (χ2v) is 5.75. The molecule has 21 heavy (non-hydrogen) atoms. The predicted molar refractivity (Wildman–Crippen MR) is 77.6 cm³/mol. The number of nitrogens with one attached hydrogen (secondary N) is 1. The zero-order valence-corrected chi connectivity index (χ0v) is 12.5. The van der Waals surface area contributed by atoms with Crippen LogP contribution in [0.3, 0.4) is 0 Å². The molecule has 1 amide bonds. The monoisotopic (exact) mass is 296 g/mol. The highest BCUT2D eigenvalue weighted by Gasteiger charge is 2.28. The van der Waals surface area contributed by atoms with Gasteiger partial charge in [0.2, 0.25) is 5.91 Å². The van der Waals surface area contributed by atoms with Crippen molar-refractivity contribution in [3.05, 3.63) is 35.4 Å². The van der Waals surface area contributed by atoms with Crippen molar-refractivity contribution in [2.24, 2.45) is 5.92 Å². The van der Waals surface area contributed by atoms with E-state index in [2.05, 4.69) is 12.2 Å². The Labute approximate surface area is 124 Å². The summed E-state index contributed by atoms with van der Waals surface area (Å²) in [5, 5.41) is 3.25. The van der Waals surface area contributed by atoms with Crippen molar-refractivity contribution in [2.45, 2.75) is 38.8 Å². The number of rotatable bonds is 4. The van der Waals surface area contributed by atoms with Gasteiger partial charge in [0.1, 0.15) is 0 Å². The van der Waals surface area contributed by atoms with E-state index in [0.29, 0.717) is 11.5 Å². The molecule has 0 aromatic heterocycles. The van der Waals surface area contributed by atoms with E-state index in [1.165, 1.54) is 6.07 Å². The highest BCUT2D eigenvalue weighted by atomic mass is 19.2. The van der Waals surface area contributed by atoms with Crippen molar-refractivity contribution in [3.63, 3.8) is 0 Å². The molecule has 2 atom stereocenters. The molecule has 0 saturated carbocycles. The molecular formula is C16H22F2N2O. The number of carbonyl (C=O) groups excluding carboxylic acids is 1. The number of benzene rings is 1. The third kappa shape index (κ3) is 4.00. The van der Waals surface area contributed by atoms with Gasteiger partial charge in [-0.15, -0.1) is 0 Å². The molecule has 1 fully saturated rings. The number of amides is 1. The normalized spacial score (nSPS) is 22.1. The summed E-state index contributed by atoms with van der Waals surface area (Å²) in [5.41, 5.74) is 0.590. The largest absolute Gasteiger partial charge is 0.340 e. The van der Waals surface area contributed by atoms with E-state index in [-0.39, 0.29) is 18.5 Å². The van der Waals surface area contributed by atoms with Crippen LogP contribution in [-0.2, 0) is 11.3 Å². The number of nitrogens with zero attached hydrogens (tertiary/aromatic N) is 1. The summed E-state index contributed by atoms with van der Waals surface area (Å²) >= 11 is 0. The number of carbonyl (C=O) groups is 1. The van der Waals surface area contributed by atoms with E-state index in [1.54, 1.807) is 11.9 Å². The molecule has 0 radical (unpaired) electrons. The van der Waals surface area contributed by atoms with E-state index in [4.69, 9.17) is 0 Å². The zero-order chi connectivity index (χ0) is 15.4. The standard InChI is InChI=1S/C16H22F2N2O/c1-3-11-6-7-19-15(9-11)16(21)20(2)10-12-4-5-13(17)14(18)8-12/h4-5,8,11,15,19H,3,6-7,9-10H2,1-2H3. The molecule has 2 rings (SSSR count). The molecule has 0 bridgehead atoms. The molecule has 1 aliphatic heterocycles. The molecule has 116 valence electrons. The third-order valence-corrected chi connectivity index (χ3v) is 4.17. The highest BCUT2D eigenvalue weighted by Crippen LogP contribution is 2.21. The van der Waals surface area contributed by atoms with Crippen LogP contribution in [0.1, 0.15) is 31.7 Å². The van der Waals surface area contributed by atoms with Gasteiger partial charge in [-0.3, -0.25) is 4.79 Å². The van der Waals surface area contributed by atoms with Crippen molar-refractivity contribution in [3.8, 4) is 0 Å². The van der Waals surface area contributed by atoms with Crippen LogP contribution in [0.25, 0.3) is 0 Å². The van der Waals surface area contributed by atoms with E-state index >= 15 is 0 Å². The fourth-order valence-electron chi connectivity index (χ4n) is 2.81. The van der Waals surface area contributed by atoms with Crippen LogP contribution in [0.4, 0.5) is 8.78 Å². The van der Waals surface area contributed by atoms with E-state index in [9.17, 15) is 13.6 Å². The molecule has 0 aliphatic carbocycles. The summed E-state index contributed by atoms with van der Waals surface area (Å²) in [6.07, 6.45) is 3.03. The van der Waals surface area contributed by atoms with E-state index in [0.717, 1.165) is 37.9 Å². The first-order valence-corrected chi connectivity index (χ1v) is 7.43. The molecule has 1 saturated heterocycles. The minimum absolute atomic E-state index is 0.0119. The predicted octanol–water partition coefficient (Wildman–Crippen LogP) is 2.70. The lowest BCUT2D eigenvalue weighted by molar-refractivity contribution is -0.133. The van der Waals surface area contributed by atoms with Crippen LogP contribution < -0.4 is 5.32 Å². The summed E-state index contributed by atoms with van der Waals surface area (Å²) in [6, 6.07) is 3.57. The molecule has 1 N–H and O–H groups in total. The summed E-state index contributed by atoms with van der Waals surface area (Å²) in [7, 11) is 1.70. The first-order valence-electron chi connectivity index (χ1n) is 7.43. The maximum Gasteiger partial charge on any atom is 0.239 e. The van der Waals surface area contributed by atoms with Gasteiger partial charge in [0.25, 0.3) is 0 Å². The highest BCUT2D eigenvalue weighted by molar-refractivity contribution is 5.81. The van der Waals surface area contributed by atoms with Gasteiger partial charge >= 0.3 is 0 Å². The molecule has 0 spiro atoms. The number of hydrogen-bond donors (Lipinski definition) is 1. The smallest absolute Gasteiger partial charge is 0.239 e. The van der Waals surface area contributed by atoms with Crippen molar-refractivity contribution in [2.75, 3.05) is 13.6 Å². The molecule has 3 nitrogen and oxygen atoms in total. The lowest BCUT2D eigenvalue weighted by Gasteiger charge is -2.31. The van der Waals surface area contributed by atoms with Crippen LogP contribution in [0, 0.1) is 17.6 Å². The molecule has 1 aliphatic rings. The fraction of sp³-hybridized carbons (Fsp3) is 0.562. The van der Waals surface area contributed by atoms with E-state index < -0.39 is 11.6 Å². The van der Waals surface area contributed by atoms with Gasteiger partial charge in [0.15, 0.2) is 11.6 Å². The summed E-state index contributed by atoms with van der Waals surface area (Å²) in [6.45, 7) is 3.28. The van der Waals surface area contributed by atoms with Gasteiger partial charge in [-0.1, -0.05) is 19.4 Å². The maximum atomic E-state index is 13.2. The Kier molecular flexibility index (Phi) is 5.28. The first-order chi connectivity index (χ1) is 10.0. The van der Waals surface area contributed by atoms with Gasteiger partial charge in [0, 0.05) is 13.6 Å². The molecule has 1 aromatic carbocycles. The van der Waals surface area contributed by atoms with Gasteiger partial charge in [-0.2, -0.15) is 0 Å². The Morgan fingerprint density at radius 2 is 2.14 bits per heavy atom. The lowest BCUT2D eigenvalue weighted by Crippen LogP contribution is -2.49. The minimum Gasteiger partial charge on any atom is -0.340 e. The molecule has 1 heterocycles. The van der Waals surface area contributed by atoms with E-state index in [1.807, 2.05) is 0 Å².